The fourth-order valence-corrected chi connectivity index (χ4v) is 1.85. The number of phenolic OH excluding ortho intramolecular Hbond substituents is 1. The third-order valence-electron chi connectivity index (χ3n) is 2.13. The van der Waals surface area contributed by atoms with Crippen LogP contribution in [0.3, 0.4) is 0 Å². The lowest BCUT2D eigenvalue weighted by molar-refractivity contribution is 0.456. The van der Waals surface area contributed by atoms with Crippen molar-refractivity contribution in [1.29, 1.82) is 0 Å². The van der Waals surface area contributed by atoms with E-state index in [1.54, 1.807) is 0 Å². The minimum Gasteiger partial charge on any atom is -0.507 e. The van der Waals surface area contributed by atoms with Crippen LogP contribution in [0.15, 0.2) is 16.6 Å². The highest BCUT2D eigenvalue weighted by molar-refractivity contribution is 9.10. The number of benzene rings is 1. The van der Waals surface area contributed by atoms with Crippen molar-refractivity contribution in [2.75, 3.05) is 0 Å². The first-order valence-electron chi connectivity index (χ1n) is 4.30. The molecule has 0 aromatic heterocycles. The smallest absolute Gasteiger partial charge is 0.123 e. The summed E-state index contributed by atoms with van der Waals surface area (Å²) in [6.07, 6.45) is 0.823. The molecule has 0 aliphatic heterocycles. The molecule has 1 aromatic carbocycles. The lowest BCUT2D eigenvalue weighted by Crippen LogP contribution is -2.09. The monoisotopic (exact) mass is 243 g/mol. The van der Waals surface area contributed by atoms with Gasteiger partial charge in [0, 0.05) is 16.1 Å². The molecule has 0 heterocycles. The van der Waals surface area contributed by atoms with Gasteiger partial charge in [-0.15, -0.1) is 0 Å². The molecule has 0 amide bonds. The number of aryl methyl sites for hydroxylation is 1. The average Bonchev–Trinajstić information content (AvgIpc) is 2.10. The molecule has 0 spiro atoms. The van der Waals surface area contributed by atoms with E-state index >= 15 is 0 Å². The highest BCUT2D eigenvalue weighted by atomic mass is 79.9. The second kappa shape index (κ2) is 4.11. The Morgan fingerprint density at radius 2 is 2.15 bits per heavy atom. The van der Waals surface area contributed by atoms with E-state index in [2.05, 4.69) is 15.9 Å². The Morgan fingerprint density at radius 3 is 2.69 bits per heavy atom. The van der Waals surface area contributed by atoms with Crippen LogP contribution in [0.4, 0.5) is 0 Å². The van der Waals surface area contributed by atoms with Crippen LogP contribution in [-0.2, 0) is 0 Å². The number of nitrogens with two attached hydrogens (primary N) is 1. The maximum atomic E-state index is 9.72. The lowest BCUT2D eigenvalue weighted by atomic mass is 10.0. The van der Waals surface area contributed by atoms with Gasteiger partial charge in [-0.3, -0.25) is 0 Å². The van der Waals surface area contributed by atoms with Crippen molar-refractivity contribution >= 4 is 15.9 Å². The van der Waals surface area contributed by atoms with E-state index in [0.29, 0.717) is 5.75 Å². The third-order valence-corrected chi connectivity index (χ3v) is 2.59. The second-order valence-electron chi connectivity index (χ2n) is 3.18. The SMILES string of the molecule is CCC(N)c1cc(Br)cc(C)c1O. The lowest BCUT2D eigenvalue weighted by Gasteiger charge is -2.13. The second-order valence-corrected chi connectivity index (χ2v) is 4.09. The van der Waals surface area contributed by atoms with Crippen LogP contribution in [0.2, 0.25) is 0 Å². The van der Waals surface area contributed by atoms with Gasteiger partial charge in [0.1, 0.15) is 5.75 Å². The molecule has 1 unspecified atom stereocenters. The average molecular weight is 244 g/mol. The van der Waals surface area contributed by atoms with Crippen LogP contribution in [0.1, 0.15) is 30.5 Å². The Balaban J connectivity index is 3.20. The molecule has 2 nitrogen and oxygen atoms in total. The Morgan fingerprint density at radius 1 is 1.54 bits per heavy atom. The fourth-order valence-electron chi connectivity index (χ4n) is 1.26. The maximum absolute atomic E-state index is 9.72. The molecule has 0 bridgehead atoms. The van der Waals surface area contributed by atoms with E-state index in [9.17, 15) is 5.11 Å². The zero-order valence-corrected chi connectivity index (χ0v) is 9.43. The van der Waals surface area contributed by atoms with E-state index in [1.165, 1.54) is 0 Å². The molecule has 0 radical (unpaired) electrons. The van der Waals surface area contributed by atoms with E-state index in [-0.39, 0.29) is 6.04 Å². The molecule has 0 fully saturated rings. The zero-order chi connectivity index (χ0) is 10.0. The third kappa shape index (κ3) is 2.23. The normalized spacial score (nSPS) is 12.9. The van der Waals surface area contributed by atoms with Gasteiger partial charge in [-0.25, -0.2) is 0 Å². The number of hydrogen-bond donors (Lipinski definition) is 2. The molecule has 1 aromatic rings. The van der Waals surface area contributed by atoms with Crippen molar-refractivity contribution in [3.8, 4) is 5.75 Å². The highest BCUT2D eigenvalue weighted by Gasteiger charge is 2.11. The molecule has 0 aliphatic rings. The largest absolute Gasteiger partial charge is 0.507 e. The number of halogens is 1. The van der Waals surface area contributed by atoms with E-state index in [4.69, 9.17) is 5.73 Å². The molecule has 1 rings (SSSR count). The number of hydrogen-bond acceptors (Lipinski definition) is 2. The Kier molecular flexibility index (Phi) is 3.33. The topological polar surface area (TPSA) is 46.2 Å². The summed E-state index contributed by atoms with van der Waals surface area (Å²) in [6.45, 7) is 3.87. The summed E-state index contributed by atoms with van der Waals surface area (Å²) in [5.41, 5.74) is 7.52. The van der Waals surface area contributed by atoms with Crippen molar-refractivity contribution < 1.29 is 5.11 Å². The van der Waals surface area contributed by atoms with Crippen LogP contribution in [0.5, 0.6) is 5.75 Å². The molecular formula is C10H14BrNO. The molecule has 72 valence electrons. The molecule has 0 saturated carbocycles. The first-order valence-corrected chi connectivity index (χ1v) is 5.10. The summed E-state index contributed by atoms with van der Waals surface area (Å²) >= 11 is 3.38. The predicted octanol–water partition coefficient (Wildman–Crippen LogP) is 2.87. The minimum atomic E-state index is -0.0869. The van der Waals surface area contributed by atoms with Crippen molar-refractivity contribution in [2.24, 2.45) is 5.73 Å². The maximum Gasteiger partial charge on any atom is 0.123 e. The molecular weight excluding hydrogens is 230 g/mol. The van der Waals surface area contributed by atoms with Crippen LogP contribution in [0.25, 0.3) is 0 Å². The van der Waals surface area contributed by atoms with Gasteiger partial charge in [-0.1, -0.05) is 22.9 Å². The fraction of sp³-hybridized carbons (Fsp3) is 0.400. The van der Waals surface area contributed by atoms with Crippen molar-refractivity contribution in [3.05, 3.63) is 27.7 Å². The summed E-state index contributed by atoms with van der Waals surface area (Å²) in [4.78, 5) is 0. The van der Waals surface area contributed by atoms with E-state index in [0.717, 1.165) is 22.0 Å². The van der Waals surface area contributed by atoms with Gasteiger partial charge in [-0.05, 0) is 31.0 Å². The predicted molar refractivity (Wildman–Crippen MR) is 57.8 cm³/mol. The quantitative estimate of drug-likeness (QED) is 0.840. The Hall–Kier alpha value is -0.540. The zero-order valence-electron chi connectivity index (χ0n) is 7.84. The summed E-state index contributed by atoms with van der Waals surface area (Å²) < 4.78 is 0.960. The Labute approximate surface area is 86.9 Å². The summed E-state index contributed by atoms with van der Waals surface area (Å²) in [7, 11) is 0. The van der Waals surface area contributed by atoms with Gasteiger partial charge >= 0.3 is 0 Å². The van der Waals surface area contributed by atoms with Crippen molar-refractivity contribution in [3.63, 3.8) is 0 Å². The molecule has 3 N–H and O–H groups in total. The van der Waals surface area contributed by atoms with Gasteiger partial charge in [0.2, 0.25) is 0 Å². The van der Waals surface area contributed by atoms with Crippen molar-refractivity contribution in [1.82, 2.24) is 0 Å². The molecule has 13 heavy (non-hydrogen) atoms. The minimum absolute atomic E-state index is 0.0869. The first-order chi connectivity index (χ1) is 6.06. The highest BCUT2D eigenvalue weighted by Crippen LogP contribution is 2.31. The Bertz CT molecular complexity index is 312. The molecule has 3 heteroatoms. The van der Waals surface area contributed by atoms with Gasteiger partial charge in [-0.2, -0.15) is 0 Å². The number of rotatable bonds is 2. The summed E-state index contributed by atoms with van der Waals surface area (Å²) in [5.74, 6) is 0.317. The van der Waals surface area contributed by atoms with Gasteiger partial charge in [0.05, 0.1) is 0 Å². The summed E-state index contributed by atoms with van der Waals surface area (Å²) in [5, 5.41) is 9.72. The molecule has 1 atom stereocenters. The van der Waals surface area contributed by atoms with Crippen LogP contribution < -0.4 is 5.73 Å². The summed E-state index contributed by atoms with van der Waals surface area (Å²) in [6, 6.07) is 3.66. The van der Waals surface area contributed by atoms with E-state index < -0.39 is 0 Å². The van der Waals surface area contributed by atoms with Crippen LogP contribution >= 0.6 is 15.9 Å². The van der Waals surface area contributed by atoms with Gasteiger partial charge in [0.15, 0.2) is 0 Å². The van der Waals surface area contributed by atoms with Crippen LogP contribution in [0, 0.1) is 6.92 Å². The van der Waals surface area contributed by atoms with E-state index in [1.807, 2.05) is 26.0 Å². The number of aromatic hydroxyl groups is 1. The number of phenols is 1. The standard InChI is InChI=1S/C10H14BrNO/c1-3-9(12)8-5-7(11)4-6(2)10(8)13/h4-5,9,13H,3,12H2,1-2H3. The molecule has 0 aliphatic carbocycles. The van der Waals surface area contributed by atoms with Crippen LogP contribution in [-0.4, -0.2) is 5.11 Å². The molecule has 0 saturated heterocycles. The van der Waals surface area contributed by atoms with Gasteiger partial charge < -0.3 is 10.8 Å². The van der Waals surface area contributed by atoms with Crippen molar-refractivity contribution in [2.45, 2.75) is 26.3 Å². The van der Waals surface area contributed by atoms with Gasteiger partial charge in [0.25, 0.3) is 0 Å². The first kappa shape index (κ1) is 10.5.